The van der Waals surface area contributed by atoms with E-state index in [0.29, 0.717) is 17.1 Å². The van der Waals surface area contributed by atoms with Gasteiger partial charge in [0.25, 0.3) is 11.8 Å². The molecule has 1 aliphatic rings. The minimum atomic E-state index is -0.386. The summed E-state index contributed by atoms with van der Waals surface area (Å²) in [7, 11) is 0. The van der Waals surface area contributed by atoms with E-state index in [2.05, 4.69) is 24.5 Å². The molecule has 33 heavy (non-hydrogen) atoms. The third-order valence-electron chi connectivity index (χ3n) is 4.99. The Labute approximate surface area is 202 Å². The summed E-state index contributed by atoms with van der Waals surface area (Å²) in [6, 6.07) is 22.8. The van der Waals surface area contributed by atoms with E-state index in [1.165, 1.54) is 5.56 Å². The molecule has 166 valence electrons. The van der Waals surface area contributed by atoms with Gasteiger partial charge in [0.1, 0.15) is 12.4 Å². The van der Waals surface area contributed by atoms with Gasteiger partial charge in [-0.05, 0) is 67.5 Å². The molecular formula is C26H22N2O3S2. The molecule has 3 aromatic rings. The molecule has 1 aliphatic heterocycles. The Morgan fingerprint density at radius 3 is 2.45 bits per heavy atom. The number of hydrogen-bond donors (Lipinski definition) is 1. The second-order valence-corrected chi connectivity index (χ2v) is 9.35. The van der Waals surface area contributed by atoms with Crippen LogP contribution in [0, 0.1) is 13.8 Å². The van der Waals surface area contributed by atoms with E-state index < -0.39 is 0 Å². The van der Waals surface area contributed by atoms with Gasteiger partial charge in [-0.1, -0.05) is 71.4 Å². The summed E-state index contributed by atoms with van der Waals surface area (Å²) in [5.74, 6) is -0.000497. The summed E-state index contributed by atoms with van der Waals surface area (Å²) in [6.45, 7) is 4.48. The van der Waals surface area contributed by atoms with Crippen LogP contribution in [0.1, 0.15) is 32.6 Å². The number of hydrogen-bond acceptors (Lipinski definition) is 5. The topological polar surface area (TPSA) is 58.6 Å². The molecule has 0 radical (unpaired) electrons. The Kier molecular flexibility index (Phi) is 6.91. The van der Waals surface area contributed by atoms with Crippen molar-refractivity contribution in [3.8, 4) is 5.75 Å². The number of benzene rings is 3. The standard InChI is InChI=1S/C26H22N2O3S2/c1-17-6-10-21(11-7-17)24(29)27-28-25(30)23(33-26(28)32)15-19-8-12-22(13-9-19)31-16-20-5-3-4-18(2)14-20/h3-15H,16H2,1-2H3,(H,27,29)/b23-15+. The monoisotopic (exact) mass is 474 g/mol. The minimum Gasteiger partial charge on any atom is -0.489 e. The van der Waals surface area contributed by atoms with E-state index in [1.54, 1.807) is 18.2 Å². The van der Waals surface area contributed by atoms with E-state index in [-0.39, 0.29) is 16.1 Å². The summed E-state index contributed by atoms with van der Waals surface area (Å²) < 4.78 is 6.13. The molecule has 1 heterocycles. The summed E-state index contributed by atoms with van der Waals surface area (Å²) in [5.41, 5.74) is 7.24. The SMILES string of the molecule is Cc1ccc(C(=O)NN2C(=O)/C(=C\c3ccc(OCc4cccc(C)c4)cc3)SC2=S)cc1. The van der Waals surface area contributed by atoms with Crippen molar-refractivity contribution < 1.29 is 14.3 Å². The van der Waals surface area contributed by atoms with Crippen LogP contribution in [0.4, 0.5) is 0 Å². The number of nitrogens with zero attached hydrogens (tertiary/aromatic N) is 1. The van der Waals surface area contributed by atoms with Crippen molar-refractivity contribution in [1.82, 2.24) is 10.4 Å². The van der Waals surface area contributed by atoms with Gasteiger partial charge < -0.3 is 4.74 Å². The number of ether oxygens (including phenoxy) is 1. The Morgan fingerprint density at radius 2 is 1.76 bits per heavy atom. The maximum absolute atomic E-state index is 12.8. The van der Waals surface area contributed by atoms with Crippen LogP contribution in [-0.4, -0.2) is 21.1 Å². The first-order valence-electron chi connectivity index (χ1n) is 10.3. The van der Waals surface area contributed by atoms with Crippen molar-refractivity contribution in [2.45, 2.75) is 20.5 Å². The van der Waals surface area contributed by atoms with Crippen molar-refractivity contribution in [3.63, 3.8) is 0 Å². The van der Waals surface area contributed by atoms with E-state index in [0.717, 1.165) is 39.2 Å². The highest BCUT2D eigenvalue weighted by molar-refractivity contribution is 8.26. The van der Waals surface area contributed by atoms with Crippen LogP contribution < -0.4 is 10.2 Å². The zero-order valence-electron chi connectivity index (χ0n) is 18.2. The van der Waals surface area contributed by atoms with Crippen LogP contribution in [0.2, 0.25) is 0 Å². The molecule has 0 unspecified atom stereocenters. The summed E-state index contributed by atoms with van der Waals surface area (Å²) in [6.07, 6.45) is 1.75. The molecule has 1 fully saturated rings. The molecular weight excluding hydrogens is 452 g/mol. The fraction of sp³-hybridized carbons (Fsp3) is 0.115. The number of nitrogens with one attached hydrogen (secondary N) is 1. The number of carbonyl (C=O) groups excluding carboxylic acids is 2. The molecule has 5 nitrogen and oxygen atoms in total. The maximum Gasteiger partial charge on any atom is 0.285 e. The first-order chi connectivity index (χ1) is 15.9. The molecule has 4 rings (SSSR count). The summed E-state index contributed by atoms with van der Waals surface area (Å²) in [4.78, 5) is 25.7. The average molecular weight is 475 g/mol. The fourth-order valence-corrected chi connectivity index (χ4v) is 4.39. The molecule has 1 saturated heterocycles. The zero-order valence-corrected chi connectivity index (χ0v) is 19.8. The van der Waals surface area contributed by atoms with Gasteiger partial charge in [-0.2, -0.15) is 5.01 Å². The predicted molar refractivity (Wildman–Crippen MR) is 136 cm³/mol. The van der Waals surface area contributed by atoms with Gasteiger partial charge in [0.15, 0.2) is 4.32 Å². The fourth-order valence-electron chi connectivity index (χ4n) is 3.22. The summed E-state index contributed by atoms with van der Waals surface area (Å²) in [5, 5.41) is 1.12. The quantitative estimate of drug-likeness (QED) is 0.381. The van der Waals surface area contributed by atoms with E-state index in [4.69, 9.17) is 17.0 Å². The normalized spacial score (nSPS) is 14.6. The molecule has 0 spiro atoms. The number of rotatable bonds is 6. The van der Waals surface area contributed by atoms with Gasteiger partial charge in [0, 0.05) is 5.56 Å². The molecule has 7 heteroatoms. The zero-order chi connectivity index (χ0) is 23.4. The highest BCUT2D eigenvalue weighted by Gasteiger charge is 2.33. The highest BCUT2D eigenvalue weighted by atomic mass is 32.2. The number of carbonyl (C=O) groups is 2. The van der Waals surface area contributed by atoms with Crippen molar-refractivity contribution in [1.29, 1.82) is 0 Å². The smallest absolute Gasteiger partial charge is 0.285 e. The first-order valence-corrected chi connectivity index (χ1v) is 11.6. The van der Waals surface area contributed by atoms with Gasteiger partial charge >= 0.3 is 0 Å². The van der Waals surface area contributed by atoms with Crippen LogP contribution in [0.5, 0.6) is 5.75 Å². The molecule has 0 saturated carbocycles. The molecule has 0 atom stereocenters. The van der Waals surface area contributed by atoms with Gasteiger partial charge in [0.2, 0.25) is 0 Å². The largest absolute Gasteiger partial charge is 0.489 e. The third kappa shape index (κ3) is 5.69. The Hall–Kier alpha value is -3.42. The number of thioether (sulfide) groups is 1. The Bertz CT molecular complexity index is 1240. The molecule has 0 aromatic heterocycles. The van der Waals surface area contributed by atoms with Gasteiger partial charge in [-0.15, -0.1) is 0 Å². The molecule has 1 N–H and O–H groups in total. The van der Waals surface area contributed by atoms with Crippen LogP contribution >= 0.6 is 24.0 Å². The second-order valence-electron chi connectivity index (χ2n) is 7.67. The lowest BCUT2D eigenvalue weighted by molar-refractivity contribution is -0.123. The minimum absolute atomic E-state index is 0.282. The van der Waals surface area contributed by atoms with Crippen molar-refractivity contribution >= 4 is 46.2 Å². The molecule has 0 aliphatic carbocycles. The summed E-state index contributed by atoms with van der Waals surface area (Å²) >= 11 is 6.46. The lowest BCUT2D eigenvalue weighted by atomic mass is 10.1. The predicted octanol–water partition coefficient (Wildman–Crippen LogP) is 5.43. The maximum atomic E-state index is 12.8. The number of thiocarbonyl (C=S) groups is 1. The lowest BCUT2D eigenvalue weighted by Crippen LogP contribution is -2.44. The number of aryl methyl sites for hydroxylation is 2. The van der Waals surface area contributed by atoms with E-state index in [1.807, 2.05) is 55.5 Å². The van der Waals surface area contributed by atoms with E-state index in [9.17, 15) is 9.59 Å². The van der Waals surface area contributed by atoms with Crippen LogP contribution in [-0.2, 0) is 11.4 Å². The van der Waals surface area contributed by atoms with Crippen LogP contribution in [0.25, 0.3) is 6.08 Å². The highest BCUT2D eigenvalue weighted by Crippen LogP contribution is 2.31. The van der Waals surface area contributed by atoms with Crippen molar-refractivity contribution in [2.24, 2.45) is 0 Å². The van der Waals surface area contributed by atoms with Gasteiger partial charge in [-0.25, -0.2) is 0 Å². The van der Waals surface area contributed by atoms with Crippen molar-refractivity contribution in [3.05, 3.63) is 106 Å². The molecule has 0 bridgehead atoms. The number of hydrazine groups is 1. The number of amides is 2. The van der Waals surface area contributed by atoms with Gasteiger partial charge in [0.05, 0.1) is 4.91 Å². The Balaban J connectivity index is 1.39. The Morgan fingerprint density at radius 1 is 1.03 bits per heavy atom. The van der Waals surface area contributed by atoms with Gasteiger partial charge in [-0.3, -0.25) is 15.0 Å². The first kappa shape index (κ1) is 22.8. The lowest BCUT2D eigenvalue weighted by Gasteiger charge is -2.15. The molecule has 2 amide bonds. The second kappa shape index (κ2) is 10.0. The van der Waals surface area contributed by atoms with E-state index >= 15 is 0 Å². The van der Waals surface area contributed by atoms with Crippen molar-refractivity contribution in [2.75, 3.05) is 0 Å². The average Bonchev–Trinajstić information content (AvgIpc) is 3.06. The van der Waals surface area contributed by atoms with Crippen LogP contribution in [0.15, 0.2) is 77.7 Å². The molecule has 3 aromatic carbocycles. The van der Waals surface area contributed by atoms with Crippen LogP contribution in [0.3, 0.4) is 0 Å². The third-order valence-corrected chi connectivity index (χ3v) is 6.29.